The van der Waals surface area contributed by atoms with Gasteiger partial charge in [-0.3, -0.25) is 0 Å². The van der Waals surface area contributed by atoms with Gasteiger partial charge in [0.25, 0.3) is 0 Å². The zero-order valence-corrected chi connectivity index (χ0v) is 18.9. The van der Waals surface area contributed by atoms with Gasteiger partial charge in [0, 0.05) is 17.9 Å². The summed E-state index contributed by atoms with van der Waals surface area (Å²) in [7, 11) is 2.30. The Morgan fingerprint density at radius 1 is 0.963 bits per heavy atom. The maximum atomic E-state index is 13.4. The number of benzene rings is 2. The van der Waals surface area contributed by atoms with Crippen LogP contribution in [0.2, 0.25) is 0 Å². The Labute approximate surface area is 174 Å². The molecule has 0 amide bonds. The summed E-state index contributed by atoms with van der Waals surface area (Å²) in [6.45, 7) is 12.1. The summed E-state index contributed by atoms with van der Waals surface area (Å²) in [4.78, 5) is 0. The van der Waals surface area contributed by atoms with Gasteiger partial charge in [0.15, 0.2) is 0 Å². The molecule has 0 aliphatic heterocycles. The first kappa shape index (κ1) is 23.6. The number of aromatic hydroxyl groups is 1. The van der Waals surface area contributed by atoms with Crippen molar-refractivity contribution in [2.75, 3.05) is 13.6 Å². The first-order valence-electron chi connectivity index (χ1n) is 9.55. The van der Waals surface area contributed by atoms with E-state index >= 15 is 0 Å². The van der Waals surface area contributed by atoms with Crippen LogP contribution in [0.15, 0.2) is 42.5 Å². The van der Waals surface area contributed by atoms with Crippen LogP contribution in [0.25, 0.3) is 0 Å². The van der Waals surface area contributed by atoms with E-state index in [0.29, 0.717) is 17.8 Å². The summed E-state index contributed by atoms with van der Waals surface area (Å²) in [5.74, 6) is 0.129. The van der Waals surface area contributed by atoms with Crippen LogP contribution >= 0.6 is 0 Å². The zero-order chi connectivity index (χ0) is 19.5. The Morgan fingerprint density at radius 3 is 2.04 bits per heavy atom. The Kier molecular flexibility index (Phi) is 8.49. The SMILES string of the molecule is Cc1ccc(O)c([C@H](CC[N+](C)(C(C)C)C(C)C)c2ccc(F)cc2)c1.[Br-]. The topological polar surface area (TPSA) is 20.2 Å². The molecule has 0 saturated carbocycles. The molecule has 0 aliphatic carbocycles. The van der Waals surface area contributed by atoms with Gasteiger partial charge in [-0.1, -0.05) is 29.8 Å². The molecule has 1 N–H and O–H groups in total. The van der Waals surface area contributed by atoms with Gasteiger partial charge in [0.05, 0.1) is 25.7 Å². The Morgan fingerprint density at radius 2 is 1.52 bits per heavy atom. The summed E-state index contributed by atoms with van der Waals surface area (Å²) in [5, 5.41) is 10.5. The standard InChI is InChI=1S/C23H32FNO.BrH/c1-16(2)25(6,17(3)4)14-13-21(19-8-10-20(24)11-9-19)22-15-18(5)7-12-23(22)26;/h7-12,15-17,21H,13-14H2,1-6H3;1H/t21-;/m1./s1. The van der Waals surface area contributed by atoms with Crippen LogP contribution in [0.5, 0.6) is 5.75 Å². The maximum absolute atomic E-state index is 13.4. The van der Waals surface area contributed by atoms with Crippen LogP contribution in [0, 0.1) is 12.7 Å². The molecule has 0 spiro atoms. The van der Waals surface area contributed by atoms with Crippen molar-refractivity contribution in [2.45, 2.75) is 59.0 Å². The first-order chi connectivity index (χ1) is 12.1. The normalized spacial score (nSPS) is 12.9. The highest BCUT2D eigenvalue weighted by Crippen LogP contribution is 2.36. The Bertz CT molecular complexity index is 720. The molecule has 0 fully saturated rings. The third-order valence-electron chi connectivity index (χ3n) is 6.09. The fourth-order valence-electron chi connectivity index (χ4n) is 3.67. The van der Waals surface area contributed by atoms with E-state index in [0.717, 1.165) is 34.1 Å². The number of phenols is 1. The number of quaternary nitrogens is 1. The molecule has 150 valence electrons. The quantitative estimate of drug-likeness (QED) is 0.660. The summed E-state index contributed by atoms with van der Waals surface area (Å²) >= 11 is 0. The van der Waals surface area contributed by atoms with Gasteiger partial charge in [-0.05, 0) is 58.4 Å². The van der Waals surface area contributed by atoms with Gasteiger partial charge >= 0.3 is 0 Å². The number of hydrogen-bond acceptors (Lipinski definition) is 1. The summed E-state index contributed by atoms with van der Waals surface area (Å²) in [6, 6.07) is 13.5. The number of hydrogen-bond donors (Lipinski definition) is 1. The van der Waals surface area contributed by atoms with E-state index in [9.17, 15) is 9.50 Å². The molecule has 2 nitrogen and oxygen atoms in total. The number of phenolic OH excluding ortho intramolecular Hbond substituents is 1. The summed E-state index contributed by atoms with van der Waals surface area (Å²) in [5.41, 5.74) is 3.09. The molecule has 27 heavy (non-hydrogen) atoms. The molecule has 0 aliphatic rings. The molecule has 0 bridgehead atoms. The predicted molar refractivity (Wildman–Crippen MR) is 107 cm³/mol. The van der Waals surface area contributed by atoms with E-state index < -0.39 is 0 Å². The molecule has 1 atom stereocenters. The van der Waals surface area contributed by atoms with E-state index in [-0.39, 0.29) is 28.7 Å². The van der Waals surface area contributed by atoms with Crippen molar-refractivity contribution < 1.29 is 31.0 Å². The van der Waals surface area contributed by atoms with Crippen molar-refractivity contribution in [1.29, 1.82) is 0 Å². The minimum atomic E-state index is -0.231. The largest absolute Gasteiger partial charge is 1.00 e. The molecule has 0 heterocycles. The first-order valence-corrected chi connectivity index (χ1v) is 9.55. The smallest absolute Gasteiger partial charge is 0.123 e. The van der Waals surface area contributed by atoms with Crippen LogP contribution in [0.4, 0.5) is 4.39 Å². The van der Waals surface area contributed by atoms with Crippen LogP contribution < -0.4 is 17.0 Å². The third-order valence-corrected chi connectivity index (χ3v) is 6.09. The highest BCUT2D eigenvalue weighted by molar-refractivity contribution is 5.43. The molecule has 2 rings (SSSR count). The molecule has 4 heteroatoms. The zero-order valence-electron chi connectivity index (χ0n) is 17.3. The van der Waals surface area contributed by atoms with Crippen molar-refractivity contribution in [2.24, 2.45) is 0 Å². The lowest BCUT2D eigenvalue weighted by Gasteiger charge is -2.43. The second kappa shape index (κ2) is 9.70. The second-order valence-electron chi connectivity index (χ2n) is 8.21. The average Bonchev–Trinajstić information content (AvgIpc) is 2.58. The fraction of sp³-hybridized carbons (Fsp3) is 0.478. The number of rotatable bonds is 7. The molecule has 0 saturated heterocycles. The van der Waals surface area contributed by atoms with Crippen molar-refractivity contribution in [3.05, 3.63) is 65.0 Å². The second-order valence-corrected chi connectivity index (χ2v) is 8.21. The minimum absolute atomic E-state index is 0. The van der Waals surface area contributed by atoms with Crippen molar-refractivity contribution in [1.82, 2.24) is 0 Å². The van der Waals surface area contributed by atoms with Crippen LogP contribution in [0.3, 0.4) is 0 Å². The number of aryl methyl sites for hydroxylation is 1. The monoisotopic (exact) mass is 437 g/mol. The van der Waals surface area contributed by atoms with E-state index in [1.807, 2.05) is 25.1 Å². The Balaban J connectivity index is 0.00000364. The summed E-state index contributed by atoms with van der Waals surface area (Å²) in [6.07, 6.45) is 0.898. The summed E-state index contributed by atoms with van der Waals surface area (Å²) < 4.78 is 14.4. The van der Waals surface area contributed by atoms with Crippen molar-refractivity contribution in [3.63, 3.8) is 0 Å². The highest BCUT2D eigenvalue weighted by atomic mass is 79.9. The van der Waals surface area contributed by atoms with Crippen LogP contribution in [-0.4, -0.2) is 35.3 Å². The number of halogens is 2. The van der Waals surface area contributed by atoms with Gasteiger partial charge in [0.1, 0.15) is 11.6 Å². The lowest BCUT2D eigenvalue weighted by Crippen LogP contribution is -3.00. The number of nitrogens with zero attached hydrogens (tertiary/aromatic N) is 1. The molecular weight excluding hydrogens is 405 g/mol. The van der Waals surface area contributed by atoms with E-state index in [2.05, 4.69) is 40.8 Å². The maximum Gasteiger partial charge on any atom is 0.123 e. The third kappa shape index (κ3) is 5.55. The van der Waals surface area contributed by atoms with Crippen LogP contribution in [-0.2, 0) is 0 Å². The van der Waals surface area contributed by atoms with E-state index in [1.54, 1.807) is 6.07 Å². The van der Waals surface area contributed by atoms with Gasteiger partial charge in [0.2, 0.25) is 0 Å². The van der Waals surface area contributed by atoms with Crippen molar-refractivity contribution >= 4 is 0 Å². The lowest BCUT2D eigenvalue weighted by atomic mass is 9.86. The molecule has 0 radical (unpaired) electrons. The molecule has 0 unspecified atom stereocenters. The van der Waals surface area contributed by atoms with Crippen molar-refractivity contribution in [3.8, 4) is 5.75 Å². The van der Waals surface area contributed by atoms with Gasteiger partial charge in [-0.15, -0.1) is 0 Å². The predicted octanol–water partition coefficient (Wildman–Crippen LogP) is 2.63. The van der Waals surface area contributed by atoms with E-state index in [1.165, 1.54) is 12.1 Å². The van der Waals surface area contributed by atoms with Gasteiger partial charge < -0.3 is 26.6 Å². The molecule has 2 aromatic rings. The average molecular weight is 438 g/mol. The molecule has 0 aromatic heterocycles. The van der Waals surface area contributed by atoms with Gasteiger partial charge in [-0.25, -0.2) is 4.39 Å². The lowest BCUT2D eigenvalue weighted by molar-refractivity contribution is -0.949. The van der Waals surface area contributed by atoms with Crippen LogP contribution in [0.1, 0.15) is 56.7 Å². The fourth-order valence-corrected chi connectivity index (χ4v) is 3.67. The molecular formula is C23H33BrFNO. The Hall–Kier alpha value is -1.39. The van der Waals surface area contributed by atoms with Gasteiger partial charge in [-0.2, -0.15) is 0 Å². The highest BCUT2D eigenvalue weighted by Gasteiger charge is 2.31. The molecule has 2 aromatic carbocycles. The van der Waals surface area contributed by atoms with E-state index in [4.69, 9.17) is 0 Å². The minimum Gasteiger partial charge on any atom is -1.00 e.